The van der Waals surface area contributed by atoms with Gasteiger partial charge >= 0.3 is 0 Å². The van der Waals surface area contributed by atoms with Crippen molar-refractivity contribution < 1.29 is 18.7 Å². The fraction of sp³-hybridized carbons (Fsp3) is 0.179. The van der Waals surface area contributed by atoms with Gasteiger partial charge in [-0.05, 0) is 62.4 Å². The Kier molecular flexibility index (Phi) is 8.33. The van der Waals surface area contributed by atoms with E-state index in [9.17, 15) is 14.9 Å². The molecule has 9 heteroatoms. The van der Waals surface area contributed by atoms with Crippen LogP contribution in [0.4, 0.5) is 11.4 Å². The molecule has 0 spiro atoms. The number of ether oxygens (including phenoxy) is 1. The van der Waals surface area contributed by atoms with Crippen molar-refractivity contribution >= 4 is 35.0 Å². The van der Waals surface area contributed by atoms with E-state index in [1.807, 2.05) is 25.1 Å². The second kappa shape index (κ2) is 12.0. The topological polar surface area (TPSA) is 116 Å². The van der Waals surface area contributed by atoms with Gasteiger partial charge in [0.1, 0.15) is 11.5 Å². The van der Waals surface area contributed by atoms with Crippen LogP contribution in [-0.4, -0.2) is 24.2 Å². The average molecular weight is 515 g/mol. The summed E-state index contributed by atoms with van der Waals surface area (Å²) in [6.07, 6.45) is 1.51. The molecule has 8 nitrogen and oxygen atoms in total. The molecule has 3 N–H and O–H groups in total. The van der Waals surface area contributed by atoms with Crippen LogP contribution in [0.2, 0.25) is 0 Å². The summed E-state index contributed by atoms with van der Waals surface area (Å²) in [5, 5.41) is 19.5. The van der Waals surface area contributed by atoms with Gasteiger partial charge in [0, 0.05) is 17.1 Å². The van der Waals surface area contributed by atoms with Gasteiger partial charge in [-0.3, -0.25) is 9.59 Å². The average Bonchev–Trinajstić information content (AvgIpc) is 3.43. The van der Waals surface area contributed by atoms with Crippen LogP contribution in [0.25, 0.3) is 0 Å². The molecule has 1 atom stereocenters. The Labute approximate surface area is 219 Å². The van der Waals surface area contributed by atoms with Gasteiger partial charge in [-0.1, -0.05) is 30.0 Å². The Hall–Kier alpha value is -4.42. The monoisotopic (exact) mass is 514 g/mol. The standard InChI is InChI=1S/C28H26N4O4S/c1-3-35-21-13-11-20(12-14-21)31-24(33)17-37-28-22(16-29)26(23-10-7-15-36-23)25(18(2)30-28)27(34)32-19-8-5-4-6-9-19/h4-15,26,30H,3,17H2,1-2H3,(H,31,33)(H,32,34). The second-order valence-corrected chi connectivity index (χ2v) is 9.07. The largest absolute Gasteiger partial charge is 0.494 e. The van der Waals surface area contributed by atoms with E-state index >= 15 is 0 Å². The number of carbonyl (C=O) groups excluding carboxylic acids is 2. The lowest BCUT2D eigenvalue weighted by Crippen LogP contribution is -2.31. The van der Waals surface area contributed by atoms with E-state index < -0.39 is 5.92 Å². The molecule has 4 rings (SSSR count). The fourth-order valence-electron chi connectivity index (χ4n) is 3.92. The van der Waals surface area contributed by atoms with E-state index in [-0.39, 0.29) is 17.6 Å². The summed E-state index contributed by atoms with van der Waals surface area (Å²) >= 11 is 1.19. The number of furan rings is 1. The van der Waals surface area contributed by atoms with Gasteiger partial charge in [0.05, 0.1) is 46.8 Å². The number of rotatable bonds is 9. The first-order valence-corrected chi connectivity index (χ1v) is 12.7. The second-order valence-electron chi connectivity index (χ2n) is 8.08. The number of para-hydroxylation sites is 1. The normalized spacial score (nSPS) is 15.0. The first kappa shape index (κ1) is 25.7. The molecule has 0 radical (unpaired) electrons. The molecular weight excluding hydrogens is 488 g/mol. The zero-order valence-electron chi connectivity index (χ0n) is 20.4. The molecule has 1 unspecified atom stereocenters. The first-order valence-electron chi connectivity index (χ1n) is 11.7. The van der Waals surface area contributed by atoms with Crippen molar-refractivity contribution in [3.8, 4) is 11.8 Å². The lowest BCUT2D eigenvalue weighted by Gasteiger charge is -2.28. The molecule has 2 amide bonds. The molecule has 37 heavy (non-hydrogen) atoms. The van der Waals surface area contributed by atoms with Crippen molar-refractivity contribution in [2.24, 2.45) is 0 Å². The third kappa shape index (κ3) is 6.23. The van der Waals surface area contributed by atoms with E-state index in [1.54, 1.807) is 55.5 Å². The van der Waals surface area contributed by atoms with E-state index in [0.717, 1.165) is 5.75 Å². The minimum Gasteiger partial charge on any atom is -0.494 e. The summed E-state index contributed by atoms with van der Waals surface area (Å²) in [4.78, 5) is 26.0. The van der Waals surface area contributed by atoms with Crippen molar-refractivity contribution in [2.45, 2.75) is 19.8 Å². The predicted molar refractivity (Wildman–Crippen MR) is 144 cm³/mol. The van der Waals surface area contributed by atoms with Crippen LogP contribution in [0.5, 0.6) is 5.75 Å². The number of thioether (sulfide) groups is 1. The minimum atomic E-state index is -0.721. The lowest BCUT2D eigenvalue weighted by molar-refractivity contribution is -0.114. The maximum Gasteiger partial charge on any atom is 0.254 e. The third-order valence-electron chi connectivity index (χ3n) is 5.55. The molecule has 2 heterocycles. The highest BCUT2D eigenvalue weighted by molar-refractivity contribution is 8.03. The number of allylic oxidation sites excluding steroid dienone is 2. The maximum absolute atomic E-state index is 13.3. The van der Waals surface area contributed by atoms with Gasteiger partial charge in [-0.2, -0.15) is 5.26 Å². The van der Waals surface area contributed by atoms with Gasteiger partial charge in [0.2, 0.25) is 5.91 Å². The van der Waals surface area contributed by atoms with Crippen LogP contribution in [0, 0.1) is 11.3 Å². The van der Waals surface area contributed by atoms with Crippen molar-refractivity contribution in [3.05, 3.63) is 101 Å². The number of hydrogen-bond acceptors (Lipinski definition) is 7. The molecular formula is C28H26N4O4S. The summed E-state index contributed by atoms with van der Waals surface area (Å²) in [5.74, 6) is -0.0467. The molecule has 2 aromatic carbocycles. The number of carbonyl (C=O) groups is 2. The highest BCUT2D eigenvalue weighted by Crippen LogP contribution is 2.41. The number of benzene rings is 2. The van der Waals surface area contributed by atoms with Crippen LogP contribution < -0.4 is 20.7 Å². The zero-order chi connectivity index (χ0) is 26.2. The van der Waals surface area contributed by atoms with Crippen molar-refractivity contribution in [2.75, 3.05) is 23.0 Å². The highest BCUT2D eigenvalue weighted by atomic mass is 32.2. The molecule has 3 aromatic rings. The van der Waals surface area contributed by atoms with Crippen LogP contribution in [-0.2, 0) is 9.59 Å². The van der Waals surface area contributed by atoms with Gasteiger partial charge < -0.3 is 25.1 Å². The maximum atomic E-state index is 13.3. The molecule has 0 bridgehead atoms. The van der Waals surface area contributed by atoms with Crippen molar-refractivity contribution in [1.29, 1.82) is 5.26 Å². The number of nitriles is 1. The fourth-order valence-corrected chi connectivity index (χ4v) is 4.82. The summed E-state index contributed by atoms with van der Waals surface area (Å²) in [5.41, 5.74) is 2.53. The van der Waals surface area contributed by atoms with E-state index in [1.165, 1.54) is 18.0 Å². The number of anilines is 2. The molecule has 1 aromatic heterocycles. The number of nitrogens with zero attached hydrogens (tertiary/aromatic N) is 1. The van der Waals surface area contributed by atoms with Crippen molar-refractivity contribution in [1.82, 2.24) is 5.32 Å². The van der Waals surface area contributed by atoms with Crippen LogP contribution in [0.3, 0.4) is 0 Å². The van der Waals surface area contributed by atoms with Crippen LogP contribution >= 0.6 is 11.8 Å². The van der Waals surface area contributed by atoms with E-state index in [0.29, 0.717) is 45.6 Å². The Bertz CT molecular complexity index is 1360. The lowest BCUT2D eigenvalue weighted by atomic mass is 9.85. The number of dihydropyridines is 1. The quantitative estimate of drug-likeness (QED) is 0.351. The highest BCUT2D eigenvalue weighted by Gasteiger charge is 2.36. The summed E-state index contributed by atoms with van der Waals surface area (Å²) in [7, 11) is 0. The third-order valence-corrected chi connectivity index (χ3v) is 6.57. The number of nitrogens with one attached hydrogen (secondary N) is 3. The smallest absolute Gasteiger partial charge is 0.254 e. The molecule has 0 saturated heterocycles. The molecule has 188 valence electrons. The summed E-state index contributed by atoms with van der Waals surface area (Å²) < 4.78 is 11.1. The molecule has 0 fully saturated rings. The predicted octanol–water partition coefficient (Wildman–Crippen LogP) is 5.38. The Morgan fingerprint density at radius 3 is 2.43 bits per heavy atom. The van der Waals surface area contributed by atoms with Crippen LogP contribution in [0.1, 0.15) is 25.5 Å². The van der Waals surface area contributed by atoms with Gasteiger partial charge in [-0.25, -0.2) is 0 Å². The first-order chi connectivity index (χ1) is 18.0. The molecule has 1 aliphatic rings. The summed E-state index contributed by atoms with van der Waals surface area (Å²) in [6.45, 7) is 4.24. The van der Waals surface area contributed by atoms with Gasteiger partial charge in [-0.15, -0.1) is 0 Å². The van der Waals surface area contributed by atoms with Gasteiger partial charge in [0.15, 0.2) is 0 Å². The van der Waals surface area contributed by atoms with E-state index in [2.05, 4.69) is 22.0 Å². The van der Waals surface area contributed by atoms with Gasteiger partial charge in [0.25, 0.3) is 5.91 Å². The van der Waals surface area contributed by atoms with Crippen LogP contribution in [0.15, 0.2) is 99.3 Å². The Morgan fingerprint density at radius 2 is 1.78 bits per heavy atom. The molecule has 1 aliphatic heterocycles. The SMILES string of the molecule is CCOc1ccc(NC(=O)CSC2=C(C#N)C(c3ccco3)C(C(=O)Nc3ccccc3)=C(C)N2)cc1. The Morgan fingerprint density at radius 1 is 1.05 bits per heavy atom. The number of hydrogen-bond donors (Lipinski definition) is 3. The molecule has 0 aliphatic carbocycles. The number of amides is 2. The molecule has 0 saturated carbocycles. The van der Waals surface area contributed by atoms with E-state index in [4.69, 9.17) is 9.15 Å². The zero-order valence-corrected chi connectivity index (χ0v) is 21.2. The minimum absolute atomic E-state index is 0.0599. The Balaban J connectivity index is 1.52. The summed E-state index contributed by atoms with van der Waals surface area (Å²) in [6, 6.07) is 21.9. The van der Waals surface area contributed by atoms with Crippen molar-refractivity contribution in [3.63, 3.8) is 0 Å².